The van der Waals surface area contributed by atoms with E-state index in [1.165, 1.54) is 7.11 Å². The Hall–Kier alpha value is -0.610. The Morgan fingerprint density at radius 3 is 2.64 bits per heavy atom. The predicted molar refractivity (Wildman–Crippen MR) is 41.2 cm³/mol. The number of hydrogen-bond acceptors (Lipinski definition) is 4. The minimum atomic E-state index is -0.412. The second-order valence-corrected chi connectivity index (χ2v) is 2.62. The Morgan fingerprint density at radius 2 is 2.27 bits per heavy atom. The van der Waals surface area contributed by atoms with Crippen LogP contribution in [0.3, 0.4) is 0 Å². The molecular formula is C7H15NO3. The summed E-state index contributed by atoms with van der Waals surface area (Å²) in [7, 11) is 3.10. The van der Waals surface area contributed by atoms with Gasteiger partial charge in [-0.1, -0.05) is 0 Å². The number of likely N-dealkylation sites (N-methyl/N-ethyl adjacent to an activating group) is 1. The SMILES string of the molecule is COC(=O)CN(C)CC(C)O. The molecule has 0 aliphatic carbocycles. The first-order chi connectivity index (χ1) is 5.06. The van der Waals surface area contributed by atoms with Crippen molar-refractivity contribution in [3.63, 3.8) is 0 Å². The van der Waals surface area contributed by atoms with Crippen LogP contribution in [-0.4, -0.2) is 49.3 Å². The molecule has 1 N–H and O–H groups in total. The van der Waals surface area contributed by atoms with Gasteiger partial charge in [-0.15, -0.1) is 0 Å². The Balaban J connectivity index is 3.51. The molecule has 11 heavy (non-hydrogen) atoms. The number of methoxy groups -OCH3 is 1. The van der Waals surface area contributed by atoms with E-state index in [-0.39, 0.29) is 12.5 Å². The van der Waals surface area contributed by atoms with Crippen molar-refractivity contribution in [2.45, 2.75) is 13.0 Å². The van der Waals surface area contributed by atoms with Crippen molar-refractivity contribution in [1.82, 2.24) is 4.90 Å². The number of esters is 1. The Bertz CT molecular complexity index is 125. The number of rotatable bonds is 4. The lowest BCUT2D eigenvalue weighted by Gasteiger charge is -2.16. The van der Waals surface area contributed by atoms with Crippen molar-refractivity contribution in [2.24, 2.45) is 0 Å². The topological polar surface area (TPSA) is 49.8 Å². The molecule has 0 rings (SSSR count). The van der Waals surface area contributed by atoms with Crippen LogP contribution in [0.15, 0.2) is 0 Å². The van der Waals surface area contributed by atoms with Crippen LogP contribution >= 0.6 is 0 Å². The number of nitrogens with zero attached hydrogens (tertiary/aromatic N) is 1. The molecule has 0 bridgehead atoms. The van der Waals surface area contributed by atoms with Gasteiger partial charge in [-0.05, 0) is 14.0 Å². The molecule has 0 aromatic rings. The Morgan fingerprint density at radius 1 is 1.73 bits per heavy atom. The highest BCUT2D eigenvalue weighted by atomic mass is 16.5. The maximum atomic E-state index is 10.7. The van der Waals surface area contributed by atoms with Gasteiger partial charge in [0, 0.05) is 6.54 Å². The first-order valence-electron chi connectivity index (χ1n) is 3.49. The zero-order valence-corrected chi connectivity index (χ0v) is 7.20. The van der Waals surface area contributed by atoms with Crippen LogP contribution in [0, 0.1) is 0 Å². The number of hydrogen-bond donors (Lipinski definition) is 1. The smallest absolute Gasteiger partial charge is 0.319 e. The van der Waals surface area contributed by atoms with Crippen LogP contribution in [0.1, 0.15) is 6.92 Å². The molecule has 0 radical (unpaired) electrons. The molecule has 0 saturated carbocycles. The van der Waals surface area contributed by atoms with E-state index < -0.39 is 6.10 Å². The summed E-state index contributed by atoms with van der Waals surface area (Å²) in [6.07, 6.45) is -0.412. The maximum absolute atomic E-state index is 10.7. The molecule has 1 unspecified atom stereocenters. The summed E-state index contributed by atoms with van der Waals surface area (Å²) in [5.74, 6) is -0.284. The van der Waals surface area contributed by atoms with Gasteiger partial charge in [0.2, 0.25) is 0 Å². The average molecular weight is 161 g/mol. The monoisotopic (exact) mass is 161 g/mol. The molecule has 4 nitrogen and oxygen atoms in total. The highest BCUT2D eigenvalue weighted by Crippen LogP contribution is 1.88. The first kappa shape index (κ1) is 10.4. The molecule has 0 heterocycles. The number of carbonyl (C=O) groups excluding carboxylic acids is 1. The van der Waals surface area contributed by atoms with Crippen molar-refractivity contribution >= 4 is 5.97 Å². The van der Waals surface area contributed by atoms with Gasteiger partial charge in [-0.3, -0.25) is 9.69 Å². The largest absolute Gasteiger partial charge is 0.468 e. The van der Waals surface area contributed by atoms with E-state index in [0.717, 1.165) is 0 Å². The molecule has 0 aromatic carbocycles. The van der Waals surface area contributed by atoms with E-state index in [4.69, 9.17) is 5.11 Å². The normalized spacial score (nSPS) is 13.2. The fraction of sp³-hybridized carbons (Fsp3) is 0.857. The Labute approximate surface area is 66.8 Å². The fourth-order valence-electron chi connectivity index (χ4n) is 0.801. The molecule has 0 aliphatic heterocycles. The van der Waals surface area contributed by atoms with E-state index in [9.17, 15) is 4.79 Å². The number of aliphatic hydroxyl groups is 1. The second kappa shape index (κ2) is 5.09. The first-order valence-corrected chi connectivity index (χ1v) is 3.49. The van der Waals surface area contributed by atoms with Gasteiger partial charge in [-0.2, -0.15) is 0 Å². The number of aliphatic hydroxyl groups excluding tert-OH is 1. The summed E-state index contributed by atoms with van der Waals surface area (Å²) in [5, 5.41) is 8.91. The van der Waals surface area contributed by atoms with Gasteiger partial charge < -0.3 is 9.84 Å². The molecule has 1 atom stereocenters. The minimum absolute atomic E-state index is 0.224. The predicted octanol–water partition coefficient (Wildman–Crippen LogP) is -0.528. The van der Waals surface area contributed by atoms with Crippen LogP contribution < -0.4 is 0 Å². The molecular weight excluding hydrogens is 146 g/mol. The fourth-order valence-corrected chi connectivity index (χ4v) is 0.801. The van der Waals surface area contributed by atoms with Gasteiger partial charge in [0.25, 0.3) is 0 Å². The number of carbonyl (C=O) groups is 1. The quantitative estimate of drug-likeness (QED) is 0.563. The van der Waals surface area contributed by atoms with Crippen molar-refractivity contribution in [3.8, 4) is 0 Å². The average Bonchev–Trinajstić information content (AvgIpc) is 1.85. The van der Waals surface area contributed by atoms with Crippen LogP contribution in [0.2, 0.25) is 0 Å². The summed E-state index contributed by atoms with van der Waals surface area (Å²) in [4.78, 5) is 12.4. The lowest BCUT2D eigenvalue weighted by molar-refractivity contribution is -0.141. The summed E-state index contributed by atoms with van der Waals surface area (Å²) in [6.45, 7) is 2.38. The van der Waals surface area contributed by atoms with Crippen molar-refractivity contribution in [3.05, 3.63) is 0 Å². The molecule has 66 valence electrons. The molecule has 4 heteroatoms. The third-order valence-corrected chi connectivity index (χ3v) is 1.20. The van der Waals surface area contributed by atoms with Crippen molar-refractivity contribution in [2.75, 3.05) is 27.2 Å². The van der Waals surface area contributed by atoms with E-state index in [1.54, 1.807) is 18.9 Å². The summed E-state index contributed by atoms with van der Waals surface area (Å²) >= 11 is 0. The summed E-state index contributed by atoms with van der Waals surface area (Å²) in [5.41, 5.74) is 0. The lowest BCUT2D eigenvalue weighted by atomic mass is 10.4. The molecule has 0 spiro atoms. The third kappa shape index (κ3) is 5.82. The zero-order chi connectivity index (χ0) is 8.85. The van der Waals surface area contributed by atoms with Gasteiger partial charge in [-0.25, -0.2) is 0 Å². The highest BCUT2D eigenvalue weighted by Gasteiger charge is 2.07. The van der Waals surface area contributed by atoms with Gasteiger partial charge in [0.15, 0.2) is 0 Å². The van der Waals surface area contributed by atoms with Gasteiger partial charge in [0.05, 0.1) is 19.8 Å². The van der Waals surface area contributed by atoms with Crippen LogP contribution in [0.4, 0.5) is 0 Å². The highest BCUT2D eigenvalue weighted by molar-refractivity contribution is 5.71. The maximum Gasteiger partial charge on any atom is 0.319 e. The minimum Gasteiger partial charge on any atom is -0.468 e. The second-order valence-electron chi connectivity index (χ2n) is 2.62. The Kier molecular flexibility index (Phi) is 4.81. The molecule has 0 fully saturated rings. The summed E-state index contributed by atoms with van der Waals surface area (Å²) < 4.78 is 4.44. The molecule has 0 aliphatic rings. The van der Waals surface area contributed by atoms with Gasteiger partial charge in [0.1, 0.15) is 0 Å². The van der Waals surface area contributed by atoms with E-state index in [1.807, 2.05) is 0 Å². The molecule has 0 saturated heterocycles. The molecule has 0 aromatic heterocycles. The summed E-state index contributed by atoms with van der Waals surface area (Å²) in [6, 6.07) is 0. The lowest BCUT2D eigenvalue weighted by Crippen LogP contribution is -2.32. The van der Waals surface area contributed by atoms with E-state index >= 15 is 0 Å². The van der Waals surface area contributed by atoms with Crippen LogP contribution in [-0.2, 0) is 9.53 Å². The van der Waals surface area contributed by atoms with E-state index in [2.05, 4.69) is 4.74 Å². The number of ether oxygens (including phenoxy) is 1. The van der Waals surface area contributed by atoms with Gasteiger partial charge >= 0.3 is 5.97 Å². The van der Waals surface area contributed by atoms with Crippen molar-refractivity contribution < 1.29 is 14.6 Å². The molecule has 0 amide bonds. The van der Waals surface area contributed by atoms with Crippen molar-refractivity contribution in [1.29, 1.82) is 0 Å². The van der Waals surface area contributed by atoms with E-state index in [0.29, 0.717) is 6.54 Å². The van der Waals surface area contributed by atoms with Crippen LogP contribution in [0.25, 0.3) is 0 Å². The third-order valence-electron chi connectivity index (χ3n) is 1.20. The zero-order valence-electron chi connectivity index (χ0n) is 7.20. The standard InChI is InChI=1S/C7H15NO3/c1-6(9)4-8(2)5-7(10)11-3/h6,9H,4-5H2,1-3H3. The van der Waals surface area contributed by atoms with Crippen LogP contribution in [0.5, 0.6) is 0 Å².